The van der Waals surface area contributed by atoms with Crippen LogP contribution in [0.3, 0.4) is 0 Å². The number of nitrogens with one attached hydrogen (secondary N) is 1. The summed E-state index contributed by atoms with van der Waals surface area (Å²) >= 11 is 0. The minimum Gasteiger partial charge on any atom is -0.393 e. The number of aliphatic hydroxyl groups is 1. The molecule has 1 aromatic carbocycles. The zero-order valence-electron chi connectivity index (χ0n) is 15.5. The Labute approximate surface area is 153 Å². The van der Waals surface area contributed by atoms with Crippen LogP contribution >= 0.6 is 0 Å². The minimum atomic E-state index is -0.256. The van der Waals surface area contributed by atoms with Crippen molar-refractivity contribution < 1.29 is 9.90 Å². The maximum Gasteiger partial charge on any atom is 0.275 e. The van der Waals surface area contributed by atoms with E-state index in [1.807, 2.05) is 25.1 Å². The van der Waals surface area contributed by atoms with E-state index < -0.39 is 0 Å². The standard InChI is InChI=1S/C20H27N3O3/c1-3-13-5-10-16-17(11-13)18(4-2)22-23(20(16)26)12-19(25)21-14-6-8-15(24)9-7-14/h5,10-11,14-15,24H,3-4,6-9,12H2,1-2H3,(H,21,25). The molecule has 6 nitrogen and oxygen atoms in total. The molecule has 1 aliphatic rings. The van der Waals surface area contributed by atoms with Crippen molar-refractivity contribution >= 4 is 16.7 Å². The molecule has 0 aliphatic heterocycles. The highest BCUT2D eigenvalue weighted by atomic mass is 16.3. The molecule has 1 amide bonds. The number of aliphatic hydroxyl groups excluding tert-OH is 1. The lowest BCUT2D eigenvalue weighted by molar-refractivity contribution is -0.123. The lowest BCUT2D eigenvalue weighted by Crippen LogP contribution is -2.42. The van der Waals surface area contributed by atoms with E-state index in [4.69, 9.17) is 0 Å². The third-order valence-corrected chi connectivity index (χ3v) is 5.20. The number of aryl methyl sites for hydroxylation is 2. The van der Waals surface area contributed by atoms with Gasteiger partial charge in [0.1, 0.15) is 6.54 Å². The van der Waals surface area contributed by atoms with E-state index in [1.54, 1.807) is 0 Å². The molecule has 2 N–H and O–H groups in total. The summed E-state index contributed by atoms with van der Waals surface area (Å²) in [7, 11) is 0. The number of aromatic nitrogens is 2. The molecule has 1 heterocycles. The summed E-state index contributed by atoms with van der Waals surface area (Å²) in [6.45, 7) is 4.01. The highest BCUT2D eigenvalue weighted by Gasteiger charge is 2.21. The highest BCUT2D eigenvalue weighted by Crippen LogP contribution is 2.19. The van der Waals surface area contributed by atoms with Crippen LogP contribution in [-0.4, -0.2) is 32.9 Å². The van der Waals surface area contributed by atoms with Crippen molar-refractivity contribution in [1.29, 1.82) is 0 Å². The Morgan fingerprint density at radius 2 is 1.92 bits per heavy atom. The van der Waals surface area contributed by atoms with Crippen LogP contribution in [-0.2, 0) is 24.2 Å². The molecule has 0 saturated heterocycles. The second-order valence-corrected chi connectivity index (χ2v) is 7.07. The number of carbonyl (C=O) groups excluding carboxylic acids is 1. The van der Waals surface area contributed by atoms with Gasteiger partial charge in [0.25, 0.3) is 5.56 Å². The topological polar surface area (TPSA) is 84.2 Å². The van der Waals surface area contributed by atoms with Gasteiger partial charge in [-0.25, -0.2) is 4.68 Å². The Balaban J connectivity index is 1.82. The molecule has 0 unspecified atom stereocenters. The van der Waals surface area contributed by atoms with Crippen molar-refractivity contribution in [3.05, 3.63) is 39.8 Å². The van der Waals surface area contributed by atoms with Crippen molar-refractivity contribution in [3.63, 3.8) is 0 Å². The Bertz CT molecular complexity index is 851. The first-order chi connectivity index (χ1) is 12.5. The van der Waals surface area contributed by atoms with Crippen molar-refractivity contribution in [3.8, 4) is 0 Å². The van der Waals surface area contributed by atoms with Crippen molar-refractivity contribution in [1.82, 2.24) is 15.1 Å². The summed E-state index contributed by atoms with van der Waals surface area (Å²) in [4.78, 5) is 25.1. The number of amides is 1. The molecule has 3 rings (SSSR count). The summed E-state index contributed by atoms with van der Waals surface area (Å²) in [5.74, 6) is -0.201. The van der Waals surface area contributed by atoms with Crippen LogP contribution in [0.5, 0.6) is 0 Å². The monoisotopic (exact) mass is 357 g/mol. The molecule has 1 aliphatic carbocycles. The molecule has 140 valence electrons. The fourth-order valence-electron chi connectivity index (χ4n) is 3.62. The van der Waals surface area contributed by atoms with Gasteiger partial charge in [-0.1, -0.05) is 19.9 Å². The molecule has 6 heteroatoms. The normalized spacial score (nSPS) is 20.3. The van der Waals surface area contributed by atoms with Gasteiger partial charge in [-0.05, 0) is 56.2 Å². The lowest BCUT2D eigenvalue weighted by Gasteiger charge is -2.26. The van der Waals surface area contributed by atoms with Gasteiger partial charge >= 0.3 is 0 Å². The van der Waals surface area contributed by atoms with E-state index in [0.29, 0.717) is 24.6 Å². The first kappa shape index (κ1) is 18.6. The van der Waals surface area contributed by atoms with Crippen molar-refractivity contribution in [2.45, 2.75) is 71.1 Å². The number of hydrogen-bond donors (Lipinski definition) is 2. The Hall–Kier alpha value is -2.21. The Morgan fingerprint density at radius 3 is 2.58 bits per heavy atom. The maximum atomic E-state index is 12.8. The second-order valence-electron chi connectivity index (χ2n) is 7.07. The van der Waals surface area contributed by atoms with Gasteiger partial charge in [0.15, 0.2) is 0 Å². The average molecular weight is 357 g/mol. The third-order valence-electron chi connectivity index (χ3n) is 5.20. The van der Waals surface area contributed by atoms with E-state index in [9.17, 15) is 14.7 Å². The summed E-state index contributed by atoms with van der Waals surface area (Å²) < 4.78 is 1.28. The minimum absolute atomic E-state index is 0.0693. The lowest BCUT2D eigenvalue weighted by atomic mass is 9.93. The van der Waals surface area contributed by atoms with Crippen LogP contribution in [0.25, 0.3) is 10.8 Å². The predicted molar refractivity (Wildman–Crippen MR) is 101 cm³/mol. The smallest absolute Gasteiger partial charge is 0.275 e. The van der Waals surface area contributed by atoms with E-state index >= 15 is 0 Å². The first-order valence-corrected chi connectivity index (χ1v) is 9.51. The predicted octanol–water partition coefficient (Wildman–Crippen LogP) is 1.94. The van der Waals surface area contributed by atoms with E-state index in [1.165, 1.54) is 10.2 Å². The second kappa shape index (κ2) is 7.99. The van der Waals surface area contributed by atoms with Gasteiger partial charge in [0.2, 0.25) is 5.91 Å². The van der Waals surface area contributed by atoms with Gasteiger partial charge in [0.05, 0.1) is 17.2 Å². The molecule has 26 heavy (non-hydrogen) atoms. The van der Waals surface area contributed by atoms with Gasteiger partial charge in [-0.15, -0.1) is 0 Å². The number of rotatable bonds is 5. The molecule has 1 aromatic heterocycles. The van der Waals surface area contributed by atoms with Gasteiger partial charge in [0, 0.05) is 11.4 Å². The molecule has 0 atom stereocenters. The SMILES string of the molecule is CCc1ccc2c(=O)n(CC(=O)NC3CCC(O)CC3)nc(CC)c2c1. The van der Waals surface area contributed by atoms with E-state index in [0.717, 1.165) is 30.3 Å². The fraction of sp³-hybridized carbons (Fsp3) is 0.550. The van der Waals surface area contributed by atoms with E-state index in [2.05, 4.69) is 17.3 Å². The quantitative estimate of drug-likeness (QED) is 0.856. The Morgan fingerprint density at radius 1 is 1.19 bits per heavy atom. The highest BCUT2D eigenvalue weighted by molar-refractivity contribution is 5.84. The molecular weight excluding hydrogens is 330 g/mol. The third kappa shape index (κ3) is 3.96. The zero-order valence-corrected chi connectivity index (χ0v) is 15.5. The first-order valence-electron chi connectivity index (χ1n) is 9.51. The largest absolute Gasteiger partial charge is 0.393 e. The molecular formula is C20H27N3O3. The van der Waals surface area contributed by atoms with Crippen LogP contribution in [0.2, 0.25) is 0 Å². The number of hydrogen-bond acceptors (Lipinski definition) is 4. The van der Waals surface area contributed by atoms with Crippen LogP contribution in [0, 0.1) is 0 Å². The van der Waals surface area contributed by atoms with Gasteiger partial charge < -0.3 is 10.4 Å². The van der Waals surface area contributed by atoms with Crippen molar-refractivity contribution in [2.24, 2.45) is 0 Å². The summed E-state index contributed by atoms with van der Waals surface area (Å²) in [6, 6.07) is 5.90. The van der Waals surface area contributed by atoms with Gasteiger partial charge in [-0.3, -0.25) is 9.59 Å². The van der Waals surface area contributed by atoms with Crippen LogP contribution in [0.1, 0.15) is 50.8 Å². The van der Waals surface area contributed by atoms with Crippen molar-refractivity contribution in [2.75, 3.05) is 0 Å². The molecule has 0 radical (unpaired) electrons. The summed E-state index contributed by atoms with van der Waals surface area (Å²) in [5.41, 5.74) is 1.78. The molecule has 2 aromatic rings. The maximum absolute atomic E-state index is 12.8. The van der Waals surface area contributed by atoms with Crippen LogP contribution < -0.4 is 10.9 Å². The molecule has 0 spiro atoms. The van der Waals surface area contributed by atoms with Crippen LogP contribution in [0.4, 0.5) is 0 Å². The summed E-state index contributed by atoms with van der Waals surface area (Å²) in [6.07, 6.45) is 4.30. The van der Waals surface area contributed by atoms with E-state index in [-0.39, 0.29) is 30.2 Å². The van der Waals surface area contributed by atoms with Crippen LogP contribution in [0.15, 0.2) is 23.0 Å². The number of benzene rings is 1. The molecule has 1 fully saturated rings. The fourth-order valence-corrected chi connectivity index (χ4v) is 3.62. The Kier molecular flexibility index (Phi) is 5.71. The van der Waals surface area contributed by atoms with Gasteiger partial charge in [-0.2, -0.15) is 5.10 Å². The summed E-state index contributed by atoms with van der Waals surface area (Å²) in [5, 5.41) is 18.5. The molecule has 1 saturated carbocycles. The number of carbonyl (C=O) groups is 1. The number of nitrogens with zero attached hydrogens (tertiary/aromatic N) is 2. The number of fused-ring (bicyclic) bond motifs is 1. The zero-order chi connectivity index (χ0) is 18.7. The molecule has 0 bridgehead atoms. The average Bonchev–Trinajstić information content (AvgIpc) is 2.65.